The summed E-state index contributed by atoms with van der Waals surface area (Å²) in [5, 5.41) is 11.1. The van der Waals surface area contributed by atoms with Gasteiger partial charge in [0.15, 0.2) is 0 Å². The van der Waals surface area contributed by atoms with E-state index in [9.17, 15) is 18.3 Å². The van der Waals surface area contributed by atoms with Crippen molar-refractivity contribution >= 4 is 0 Å². The van der Waals surface area contributed by atoms with Gasteiger partial charge in [-0.3, -0.25) is 9.80 Å². The second-order valence-electron chi connectivity index (χ2n) is 8.97. The summed E-state index contributed by atoms with van der Waals surface area (Å²) < 4.78 is 45.6. The average Bonchev–Trinajstić information content (AvgIpc) is 2.80. The molecule has 4 rings (SSSR count). The zero-order valence-electron chi connectivity index (χ0n) is 18.4. The van der Waals surface area contributed by atoms with Crippen LogP contribution in [0.3, 0.4) is 0 Å². The van der Waals surface area contributed by atoms with Crippen molar-refractivity contribution in [3.05, 3.63) is 65.2 Å². The molecule has 0 bridgehead atoms. The SMILES string of the molecule is COc1cccc(CN2CCN(C3CCC(O)(c4ccccc4C(F)(F)F)CC3)CC2)c1. The first-order valence-electron chi connectivity index (χ1n) is 11.3. The van der Waals surface area contributed by atoms with Crippen LogP contribution in [0.1, 0.15) is 42.4 Å². The first kappa shape index (κ1) is 23.1. The minimum absolute atomic E-state index is 0.0223. The maximum Gasteiger partial charge on any atom is 0.416 e. The Morgan fingerprint density at radius 3 is 2.34 bits per heavy atom. The van der Waals surface area contributed by atoms with Crippen molar-refractivity contribution in [1.29, 1.82) is 0 Å². The van der Waals surface area contributed by atoms with E-state index >= 15 is 0 Å². The fourth-order valence-electron chi connectivity index (χ4n) is 5.17. The van der Waals surface area contributed by atoms with Gasteiger partial charge in [-0.25, -0.2) is 0 Å². The Bertz CT molecular complexity index is 902. The molecule has 0 radical (unpaired) electrons. The maximum absolute atomic E-state index is 13.4. The van der Waals surface area contributed by atoms with E-state index in [2.05, 4.69) is 21.9 Å². The lowest BCUT2D eigenvalue weighted by Crippen LogP contribution is -2.52. The van der Waals surface area contributed by atoms with Gasteiger partial charge in [-0.2, -0.15) is 13.2 Å². The van der Waals surface area contributed by atoms with E-state index in [1.807, 2.05) is 12.1 Å². The van der Waals surface area contributed by atoms with Gasteiger partial charge in [0.2, 0.25) is 0 Å². The van der Waals surface area contributed by atoms with Crippen molar-refractivity contribution in [3.8, 4) is 5.75 Å². The Morgan fingerprint density at radius 1 is 1.00 bits per heavy atom. The lowest BCUT2D eigenvalue weighted by molar-refractivity contribution is -0.141. The van der Waals surface area contributed by atoms with Crippen molar-refractivity contribution in [2.75, 3.05) is 33.3 Å². The van der Waals surface area contributed by atoms with Crippen molar-refractivity contribution < 1.29 is 23.0 Å². The predicted molar refractivity (Wildman–Crippen MR) is 117 cm³/mol. The molecule has 2 aliphatic rings. The van der Waals surface area contributed by atoms with Crippen molar-refractivity contribution in [3.63, 3.8) is 0 Å². The van der Waals surface area contributed by atoms with Crippen molar-refractivity contribution in [1.82, 2.24) is 9.80 Å². The quantitative estimate of drug-likeness (QED) is 0.722. The standard InChI is InChI=1S/C25H31F3N2O2/c1-32-21-6-4-5-19(17-21)18-29-13-15-30(16-14-29)20-9-11-24(31,12-10-20)22-7-2-3-8-23(22)25(26,27)28/h2-8,17,20,31H,9-16,18H2,1H3. The van der Waals surface area contributed by atoms with Gasteiger partial charge in [-0.15, -0.1) is 0 Å². The van der Waals surface area contributed by atoms with Crippen LogP contribution < -0.4 is 4.74 Å². The highest BCUT2D eigenvalue weighted by Crippen LogP contribution is 2.44. The number of methoxy groups -OCH3 is 1. The third-order valence-electron chi connectivity index (χ3n) is 6.98. The molecule has 1 saturated heterocycles. The minimum Gasteiger partial charge on any atom is -0.497 e. The van der Waals surface area contributed by atoms with E-state index in [1.54, 1.807) is 13.2 Å². The molecule has 4 nitrogen and oxygen atoms in total. The minimum atomic E-state index is -4.46. The molecule has 0 amide bonds. The molecule has 7 heteroatoms. The molecule has 1 saturated carbocycles. The molecule has 1 heterocycles. The highest BCUT2D eigenvalue weighted by molar-refractivity contribution is 5.35. The molecule has 2 fully saturated rings. The first-order chi connectivity index (χ1) is 15.3. The van der Waals surface area contributed by atoms with E-state index in [1.165, 1.54) is 17.7 Å². The largest absolute Gasteiger partial charge is 0.497 e. The van der Waals surface area contributed by atoms with E-state index in [0.29, 0.717) is 31.7 Å². The molecule has 0 aromatic heterocycles. The highest BCUT2D eigenvalue weighted by atomic mass is 19.4. The van der Waals surface area contributed by atoms with Crippen LogP contribution in [0.25, 0.3) is 0 Å². The van der Waals surface area contributed by atoms with E-state index < -0.39 is 17.3 Å². The molecule has 2 aromatic carbocycles. The summed E-state index contributed by atoms with van der Waals surface area (Å²) in [6, 6.07) is 13.9. The molecule has 0 unspecified atom stereocenters. The van der Waals surface area contributed by atoms with Gasteiger partial charge >= 0.3 is 6.18 Å². The molecular weight excluding hydrogens is 417 g/mol. The summed E-state index contributed by atoms with van der Waals surface area (Å²) >= 11 is 0. The molecular formula is C25H31F3N2O2. The monoisotopic (exact) mass is 448 g/mol. The second kappa shape index (κ2) is 9.41. The number of alkyl halides is 3. The van der Waals surface area contributed by atoms with E-state index in [4.69, 9.17) is 4.74 Å². The van der Waals surface area contributed by atoms with Gasteiger partial charge in [-0.1, -0.05) is 30.3 Å². The Kier molecular flexibility index (Phi) is 6.79. The van der Waals surface area contributed by atoms with Gasteiger partial charge in [0.1, 0.15) is 5.75 Å². The van der Waals surface area contributed by atoms with Crippen LogP contribution in [0.5, 0.6) is 5.75 Å². The van der Waals surface area contributed by atoms with Gasteiger partial charge in [0.05, 0.1) is 18.3 Å². The second-order valence-corrected chi connectivity index (χ2v) is 8.97. The van der Waals surface area contributed by atoms with Gasteiger partial charge in [0.25, 0.3) is 0 Å². The fourth-order valence-corrected chi connectivity index (χ4v) is 5.17. The van der Waals surface area contributed by atoms with Gasteiger partial charge in [0, 0.05) is 38.8 Å². The summed E-state index contributed by atoms with van der Waals surface area (Å²) in [5.74, 6) is 0.864. The number of aliphatic hydroxyl groups is 1. The number of benzene rings is 2. The Labute approximate surface area is 187 Å². The molecule has 2 aromatic rings. The first-order valence-corrected chi connectivity index (χ1v) is 11.3. The molecule has 32 heavy (non-hydrogen) atoms. The van der Waals surface area contributed by atoms with Gasteiger partial charge < -0.3 is 9.84 Å². The summed E-state index contributed by atoms with van der Waals surface area (Å²) in [4.78, 5) is 4.86. The third-order valence-corrected chi connectivity index (χ3v) is 6.98. The number of ether oxygens (including phenoxy) is 1. The maximum atomic E-state index is 13.4. The highest BCUT2D eigenvalue weighted by Gasteiger charge is 2.43. The summed E-state index contributed by atoms with van der Waals surface area (Å²) in [5.41, 5.74) is -0.874. The van der Waals surface area contributed by atoms with Crippen LogP contribution in [0.2, 0.25) is 0 Å². The Morgan fingerprint density at radius 2 is 1.69 bits per heavy atom. The van der Waals surface area contributed by atoms with E-state index in [0.717, 1.165) is 44.5 Å². The number of hydrogen-bond acceptors (Lipinski definition) is 4. The number of nitrogens with zero attached hydrogens (tertiary/aromatic N) is 2. The molecule has 0 atom stereocenters. The number of hydrogen-bond donors (Lipinski definition) is 1. The average molecular weight is 449 g/mol. The summed E-state index contributed by atoms with van der Waals surface area (Å²) in [6.07, 6.45) is -2.33. The lowest BCUT2D eigenvalue weighted by Gasteiger charge is -2.44. The van der Waals surface area contributed by atoms with Crippen molar-refractivity contribution in [2.24, 2.45) is 0 Å². The smallest absolute Gasteiger partial charge is 0.416 e. The molecule has 0 spiro atoms. The zero-order valence-corrected chi connectivity index (χ0v) is 18.4. The topological polar surface area (TPSA) is 35.9 Å². The Hall–Kier alpha value is -2.09. The zero-order chi connectivity index (χ0) is 22.8. The summed E-state index contributed by atoms with van der Waals surface area (Å²) in [7, 11) is 1.67. The van der Waals surface area contributed by atoms with Crippen LogP contribution >= 0.6 is 0 Å². The number of piperazine rings is 1. The lowest BCUT2D eigenvalue weighted by atomic mass is 9.75. The fraction of sp³-hybridized carbons (Fsp3) is 0.520. The number of rotatable bonds is 5. The van der Waals surface area contributed by atoms with Crippen LogP contribution in [0.4, 0.5) is 13.2 Å². The molecule has 1 N–H and O–H groups in total. The van der Waals surface area contributed by atoms with Crippen LogP contribution in [0, 0.1) is 0 Å². The van der Waals surface area contributed by atoms with Crippen LogP contribution in [0.15, 0.2) is 48.5 Å². The predicted octanol–water partition coefficient (Wildman–Crippen LogP) is 4.66. The molecule has 1 aliphatic carbocycles. The summed E-state index contributed by atoms with van der Waals surface area (Å²) in [6.45, 7) is 4.66. The van der Waals surface area contributed by atoms with Crippen LogP contribution in [-0.2, 0) is 18.3 Å². The number of halogens is 3. The molecule has 174 valence electrons. The molecule has 1 aliphatic heterocycles. The Balaban J connectivity index is 1.32. The van der Waals surface area contributed by atoms with Gasteiger partial charge in [-0.05, 0) is 55.0 Å². The normalized spacial score (nSPS) is 25.6. The van der Waals surface area contributed by atoms with Crippen LogP contribution in [-0.4, -0.2) is 54.2 Å². The van der Waals surface area contributed by atoms with E-state index in [-0.39, 0.29) is 5.56 Å². The third kappa shape index (κ3) is 5.11. The van der Waals surface area contributed by atoms with Crippen molar-refractivity contribution in [2.45, 2.75) is 50.0 Å².